The zero-order valence-corrected chi connectivity index (χ0v) is 8.77. The number of hydrogen-bond acceptors (Lipinski definition) is 2. The molecule has 0 aromatic carbocycles. The number of carboxylic acids is 1. The maximum atomic E-state index is 10.7. The molecule has 0 bridgehead atoms. The highest BCUT2D eigenvalue weighted by molar-refractivity contribution is 6.48. The molecule has 0 aliphatic heterocycles. The van der Waals surface area contributed by atoms with E-state index >= 15 is 0 Å². The van der Waals surface area contributed by atoms with Gasteiger partial charge < -0.3 is 9.53 Å². The van der Waals surface area contributed by atoms with Crippen LogP contribution in [0.15, 0.2) is 0 Å². The van der Waals surface area contributed by atoms with Gasteiger partial charge in [0.2, 0.25) is 0 Å². The fourth-order valence-corrected chi connectivity index (χ4v) is 2.08. The summed E-state index contributed by atoms with van der Waals surface area (Å²) in [4.78, 5) is 10.7. The summed E-state index contributed by atoms with van der Waals surface area (Å²) in [5, 5.41) is 8.80. The first-order chi connectivity index (χ1) is 5.59. The minimum atomic E-state index is -1.20. The lowest BCUT2D eigenvalue weighted by Crippen LogP contribution is -2.29. The molecule has 1 N–H and O–H groups in total. The Hall–Kier alpha value is -0.353. The van der Waals surface area contributed by atoms with Gasteiger partial charge in [-0.3, -0.25) is 0 Å². The molecule has 1 saturated carbocycles. The first-order valence-corrected chi connectivity index (χ1v) is 7.26. The second kappa shape index (κ2) is 4.05. The van der Waals surface area contributed by atoms with Gasteiger partial charge >= 0.3 is 5.97 Å². The van der Waals surface area contributed by atoms with Gasteiger partial charge in [0, 0.05) is 0 Å². The van der Waals surface area contributed by atoms with E-state index in [0.29, 0.717) is 5.92 Å². The van der Waals surface area contributed by atoms with Crippen LogP contribution in [0.5, 0.6) is 0 Å². The van der Waals surface area contributed by atoms with Gasteiger partial charge in [0.15, 0.2) is 9.04 Å². The minimum Gasteiger partial charge on any atom is -0.479 e. The quantitative estimate of drug-likeness (QED) is 0.660. The monoisotopic (exact) mass is 188 g/mol. The summed E-state index contributed by atoms with van der Waals surface area (Å²) < 4.78 is 5.40. The maximum absolute atomic E-state index is 10.7. The molecule has 0 spiro atoms. The summed E-state index contributed by atoms with van der Waals surface area (Å²) in [5.41, 5.74) is 0. The van der Waals surface area contributed by atoms with Gasteiger partial charge in [0.1, 0.15) is 6.10 Å². The highest BCUT2D eigenvalue weighted by atomic mass is 28.3. The Bertz CT molecular complexity index is 162. The fraction of sp³-hybridized carbons (Fsp3) is 0.875. The van der Waals surface area contributed by atoms with Gasteiger partial charge in [-0.1, -0.05) is 12.8 Å². The summed E-state index contributed by atoms with van der Waals surface area (Å²) >= 11 is 0. The van der Waals surface area contributed by atoms with Crippen LogP contribution in [0.25, 0.3) is 0 Å². The van der Waals surface area contributed by atoms with E-state index in [2.05, 4.69) is 0 Å². The molecule has 4 heteroatoms. The number of carbonyl (C=O) groups is 1. The second-order valence-electron chi connectivity index (χ2n) is 3.69. The third kappa shape index (κ3) is 3.36. The van der Waals surface area contributed by atoms with Crippen molar-refractivity contribution in [1.82, 2.24) is 0 Å². The molecule has 0 heterocycles. The molecular formula is C8H16O3Si. The van der Waals surface area contributed by atoms with Gasteiger partial charge in [-0.05, 0) is 25.4 Å². The molecule has 1 fully saturated rings. The third-order valence-corrected chi connectivity index (χ3v) is 2.83. The predicted octanol–water partition coefficient (Wildman–Crippen LogP) is 1.24. The number of aliphatic carboxylic acids is 1. The Morgan fingerprint density at radius 1 is 1.67 bits per heavy atom. The van der Waals surface area contributed by atoms with Crippen molar-refractivity contribution in [3.8, 4) is 0 Å². The molecule has 0 radical (unpaired) electrons. The lowest BCUT2D eigenvalue weighted by atomic mass is 10.2. The van der Waals surface area contributed by atoms with Crippen LogP contribution in [0, 0.1) is 5.92 Å². The van der Waals surface area contributed by atoms with Crippen molar-refractivity contribution in [2.45, 2.75) is 38.5 Å². The largest absolute Gasteiger partial charge is 0.479 e. The van der Waals surface area contributed by atoms with E-state index in [1.54, 1.807) is 0 Å². The Kier molecular flexibility index (Phi) is 3.28. The molecule has 1 aliphatic rings. The standard InChI is InChI=1S/C8H16O3Si/c1-12(2)11-7(8(9)10)5-6-3-4-6/h6-7,12H,3-5H2,1-2H3,(H,9,10). The molecule has 0 amide bonds. The van der Waals surface area contributed by atoms with Crippen LogP contribution in [-0.4, -0.2) is 26.2 Å². The molecule has 3 nitrogen and oxygen atoms in total. The van der Waals surface area contributed by atoms with Crippen molar-refractivity contribution in [3.05, 3.63) is 0 Å². The third-order valence-electron chi connectivity index (χ3n) is 1.96. The Labute approximate surface area is 74.5 Å². The molecule has 1 unspecified atom stereocenters. The van der Waals surface area contributed by atoms with Gasteiger partial charge in [0.25, 0.3) is 0 Å². The van der Waals surface area contributed by atoms with Gasteiger partial charge in [-0.25, -0.2) is 4.79 Å². The molecule has 0 aromatic heterocycles. The first-order valence-electron chi connectivity index (χ1n) is 4.48. The summed E-state index contributed by atoms with van der Waals surface area (Å²) in [6, 6.07) is 0. The SMILES string of the molecule is C[SiH](C)OC(CC1CC1)C(=O)O. The molecule has 1 rings (SSSR count). The average Bonchev–Trinajstić information content (AvgIpc) is 2.68. The van der Waals surface area contributed by atoms with Crippen molar-refractivity contribution < 1.29 is 14.3 Å². The normalized spacial score (nSPS) is 19.6. The summed E-state index contributed by atoms with van der Waals surface area (Å²) in [6.07, 6.45) is 2.57. The summed E-state index contributed by atoms with van der Waals surface area (Å²) in [6.45, 7) is 4.01. The molecule has 0 aromatic rings. The van der Waals surface area contributed by atoms with Crippen LogP contribution in [-0.2, 0) is 9.22 Å². The van der Waals surface area contributed by atoms with Crippen LogP contribution >= 0.6 is 0 Å². The Balaban J connectivity index is 2.31. The highest BCUT2D eigenvalue weighted by Gasteiger charge is 2.29. The summed E-state index contributed by atoms with van der Waals surface area (Å²) in [5.74, 6) is -0.165. The lowest BCUT2D eigenvalue weighted by molar-refractivity contribution is -0.145. The summed E-state index contributed by atoms with van der Waals surface area (Å²) in [7, 11) is -1.20. The van der Waals surface area contributed by atoms with Crippen LogP contribution in [0.4, 0.5) is 0 Å². The van der Waals surface area contributed by atoms with Crippen molar-refractivity contribution >= 4 is 15.0 Å². The fourth-order valence-electron chi connectivity index (χ4n) is 1.20. The van der Waals surface area contributed by atoms with Crippen molar-refractivity contribution in [2.75, 3.05) is 0 Å². The zero-order valence-electron chi connectivity index (χ0n) is 7.62. The van der Waals surface area contributed by atoms with E-state index in [0.717, 1.165) is 6.42 Å². The second-order valence-corrected chi connectivity index (χ2v) is 6.06. The van der Waals surface area contributed by atoms with Crippen molar-refractivity contribution in [3.63, 3.8) is 0 Å². The molecule has 1 aliphatic carbocycles. The van der Waals surface area contributed by atoms with Crippen LogP contribution in [0.2, 0.25) is 13.1 Å². The van der Waals surface area contributed by atoms with E-state index < -0.39 is 21.1 Å². The van der Waals surface area contributed by atoms with Gasteiger partial charge in [-0.2, -0.15) is 0 Å². The predicted molar refractivity (Wildman–Crippen MR) is 48.7 cm³/mol. The van der Waals surface area contributed by atoms with Crippen molar-refractivity contribution in [2.24, 2.45) is 5.92 Å². The number of rotatable bonds is 5. The van der Waals surface area contributed by atoms with E-state index in [4.69, 9.17) is 9.53 Å². The van der Waals surface area contributed by atoms with E-state index in [9.17, 15) is 4.79 Å². The molecular weight excluding hydrogens is 172 g/mol. The van der Waals surface area contributed by atoms with Crippen LogP contribution < -0.4 is 0 Å². The van der Waals surface area contributed by atoms with Crippen LogP contribution in [0.1, 0.15) is 19.3 Å². The average molecular weight is 188 g/mol. The molecule has 0 saturated heterocycles. The van der Waals surface area contributed by atoms with Crippen molar-refractivity contribution in [1.29, 1.82) is 0 Å². The molecule has 70 valence electrons. The Morgan fingerprint density at radius 2 is 2.25 bits per heavy atom. The van der Waals surface area contributed by atoms with Gasteiger partial charge in [-0.15, -0.1) is 0 Å². The number of carboxylic acid groups (broad SMARTS) is 1. The lowest BCUT2D eigenvalue weighted by Gasteiger charge is -2.15. The maximum Gasteiger partial charge on any atom is 0.331 e. The zero-order chi connectivity index (χ0) is 9.14. The minimum absolute atomic E-state index is 0.524. The number of hydrogen-bond donors (Lipinski definition) is 1. The van der Waals surface area contributed by atoms with E-state index in [-0.39, 0.29) is 0 Å². The first kappa shape index (κ1) is 9.73. The van der Waals surface area contributed by atoms with Crippen LogP contribution in [0.3, 0.4) is 0 Å². The molecule has 1 atom stereocenters. The Morgan fingerprint density at radius 3 is 2.58 bits per heavy atom. The van der Waals surface area contributed by atoms with E-state index in [1.807, 2.05) is 13.1 Å². The molecule has 12 heavy (non-hydrogen) atoms. The highest BCUT2D eigenvalue weighted by Crippen LogP contribution is 2.34. The van der Waals surface area contributed by atoms with Gasteiger partial charge in [0.05, 0.1) is 0 Å². The smallest absolute Gasteiger partial charge is 0.331 e. The van der Waals surface area contributed by atoms with E-state index in [1.165, 1.54) is 12.8 Å². The topological polar surface area (TPSA) is 46.5 Å².